The van der Waals surface area contributed by atoms with Crippen molar-refractivity contribution in [1.82, 2.24) is 15.1 Å². The summed E-state index contributed by atoms with van der Waals surface area (Å²) in [6.45, 7) is 2.43. The summed E-state index contributed by atoms with van der Waals surface area (Å²) in [6, 6.07) is 10.1. The maximum Gasteiger partial charge on any atom is 0.232 e. The van der Waals surface area contributed by atoms with Gasteiger partial charge in [0, 0.05) is 44.5 Å². The van der Waals surface area contributed by atoms with Crippen LogP contribution < -0.4 is 10.2 Å². The highest BCUT2D eigenvalue weighted by molar-refractivity contribution is 5.96. The molecule has 4 rings (SSSR count). The Kier molecular flexibility index (Phi) is 5.99. The maximum atomic E-state index is 13.5. The number of nitrogens with one attached hydrogen (secondary N) is 1. The van der Waals surface area contributed by atoms with Crippen molar-refractivity contribution >= 4 is 24.0 Å². The summed E-state index contributed by atoms with van der Waals surface area (Å²) in [6.07, 6.45) is 7.72. The fourth-order valence-electron chi connectivity index (χ4n) is 3.98. The van der Waals surface area contributed by atoms with E-state index in [1.807, 2.05) is 47.2 Å². The van der Waals surface area contributed by atoms with Gasteiger partial charge in [-0.1, -0.05) is 24.6 Å². The van der Waals surface area contributed by atoms with Gasteiger partial charge in [0.05, 0.1) is 12.1 Å². The van der Waals surface area contributed by atoms with E-state index in [1.165, 1.54) is 19.3 Å². The first-order chi connectivity index (χ1) is 12.2. The van der Waals surface area contributed by atoms with Crippen molar-refractivity contribution in [2.75, 3.05) is 24.5 Å². The van der Waals surface area contributed by atoms with E-state index in [1.54, 1.807) is 0 Å². The highest BCUT2D eigenvalue weighted by Crippen LogP contribution is 2.33. The third kappa shape index (κ3) is 3.79. The molecule has 2 heterocycles. The number of nitrogens with zero attached hydrogens (tertiary/aromatic N) is 3. The summed E-state index contributed by atoms with van der Waals surface area (Å²) in [5.74, 6) is 1.07. The van der Waals surface area contributed by atoms with Crippen molar-refractivity contribution in [3.8, 4) is 0 Å². The number of hydrogen-bond donors (Lipinski definition) is 1. The van der Waals surface area contributed by atoms with Crippen LogP contribution in [0, 0.1) is 11.8 Å². The Labute approximate surface area is 161 Å². The number of anilines is 1. The fourth-order valence-corrected chi connectivity index (χ4v) is 3.98. The van der Waals surface area contributed by atoms with Crippen LogP contribution in [0.25, 0.3) is 0 Å². The molecule has 2 aromatic rings. The largest absolute Gasteiger partial charge is 0.315 e. The van der Waals surface area contributed by atoms with Crippen LogP contribution in [0.3, 0.4) is 0 Å². The minimum Gasteiger partial charge on any atom is -0.315 e. The summed E-state index contributed by atoms with van der Waals surface area (Å²) in [7, 11) is 1.93. The average molecular weight is 375 g/mol. The number of halogens is 1. The van der Waals surface area contributed by atoms with Crippen LogP contribution in [0.5, 0.6) is 0 Å². The monoisotopic (exact) mass is 374 g/mol. The number of carbonyl (C=O) groups excluding carboxylic acids is 1. The zero-order chi connectivity index (χ0) is 17.2. The molecular weight excluding hydrogens is 348 g/mol. The minimum atomic E-state index is -0.0236. The summed E-state index contributed by atoms with van der Waals surface area (Å²) < 4.78 is 1.82. The first kappa shape index (κ1) is 18.9. The lowest BCUT2D eigenvalue weighted by Gasteiger charge is -2.34. The van der Waals surface area contributed by atoms with Crippen LogP contribution in [0.15, 0.2) is 42.7 Å². The average Bonchev–Trinajstić information content (AvgIpc) is 3.23. The number of hydrogen-bond acceptors (Lipinski definition) is 3. The van der Waals surface area contributed by atoms with Crippen LogP contribution in [0.4, 0.5) is 5.69 Å². The van der Waals surface area contributed by atoms with E-state index in [0.717, 1.165) is 30.9 Å². The first-order valence-corrected chi connectivity index (χ1v) is 9.28. The fraction of sp³-hybridized carbons (Fsp3) is 0.500. The normalized spacial score (nSPS) is 22.5. The number of amides is 1. The minimum absolute atomic E-state index is 0. The number of rotatable bonds is 5. The lowest BCUT2D eigenvalue weighted by Crippen LogP contribution is -2.42. The lowest BCUT2D eigenvalue weighted by molar-refractivity contribution is -0.122. The SMILES string of the molecule is Cl.Cn1cc([C@H]2CNC[C@@H]2C(=O)N(CC2CCC2)c2ccccc2)cn1. The predicted molar refractivity (Wildman–Crippen MR) is 106 cm³/mol. The van der Waals surface area contributed by atoms with E-state index in [2.05, 4.69) is 22.5 Å². The van der Waals surface area contributed by atoms with Crippen molar-refractivity contribution in [3.63, 3.8) is 0 Å². The maximum absolute atomic E-state index is 13.5. The second kappa shape index (κ2) is 8.23. The van der Waals surface area contributed by atoms with Crippen LogP contribution in [0.1, 0.15) is 30.7 Å². The second-order valence-electron chi connectivity index (χ2n) is 7.40. The molecule has 0 bridgehead atoms. The molecule has 1 saturated heterocycles. The van der Waals surface area contributed by atoms with Crippen LogP contribution >= 0.6 is 12.4 Å². The van der Waals surface area contributed by atoms with Gasteiger partial charge >= 0.3 is 0 Å². The highest BCUT2D eigenvalue weighted by Gasteiger charge is 2.38. The van der Waals surface area contributed by atoms with Crippen molar-refractivity contribution < 1.29 is 4.79 Å². The van der Waals surface area contributed by atoms with E-state index in [4.69, 9.17) is 0 Å². The Morgan fingerprint density at radius 1 is 1.27 bits per heavy atom. The molecule has 0 spiro atoms. The van der Waals surface area contributed by atoms with Crippen molar-refractivity contribution in [2.45, 2.75) is 25.2 Å². The van der Waals surface area contributed by atoms with Crippen LogP contribution in [-0.2, 0) is 11.8 Å². The van der Waals surface area contributed by atoms with Crippen molar-refractivity contribution in [1.29, 1.82) is 0 Å². The molecule has 2 aliphatic rings. The number of benzene rings is 1. The molecule has 6 heteroatoms. The molecule has 5 nitrogen and oxygen atoms in total. The summed E-state index contributed by atoms with van der Waals surface area (Å²) in [5.41, 5.74) is 2.18. The molecule has 2 atom stereocenters. The molecule has 1 aliphatic carbocycles. The molecular formula is C20H27ClN4O. The molecule has 1 aromatic carbocycles. The molecule has 1 amide bonds. The van der Waals surface area contributed by atoms with Gasteiger partial charge in [-0.25, -0.2) is 0 Å². The van der Waals surface area contributed by atoms with E-state index in [0.29, 0.717) is 5.92 Å². The van der Waals surface area contributed by atoms with Gasteiger partial charge in [0.1, 0.15) is 0 Å². The van der Waals surface area contributed by atoms with Gasteiger partial charge in [-0.15, -0.1) is 12.4 Å². The van der Waals surface area contributed by atoms with Gasteiger partial charge in [-0.2, -0.15) is 5.10 Å². The highest BCUT2D eigenvalue weighted by atomic mass is 35.5. The molecule has 0 radical (unpaired) electrons. The lowest BCUT2D eigenvalue weighted by atomic mass is 9.84. The summed E-state index contributed by atoms with van der Waals surface area (Å²) >= 11 is 0. The zero-order valence-corrected chi connectivity index (χ0v) is 16.0. The number of aryl methyl sites for hydroxylation is 1. The van der Waals surface area contributed by atoms with Crippen molar-refractivity contribution in [2.24, 2.45) is 18.9 Å². The molecule has 0 unspecified atom stereocenters. The number of para-hydroxylation sites is 1. The molecule has 1 N–H and O–H groups in total. The third-order valence-electron chi connectivity index (χ3n) is 5.68. The Balaban J connectivity index is 0.00000196. The van der Waals surface area contributed by atoms with E-state index < -0.39 is 0 Å². The van der Waals surface area contributed by atoms with Gasteiger partial charge in [0.25, 0.3) is 0 Å². The van der Waals surface area contributed by atoms with Gasteiger partial charge in [0.2, 0.25) is 5.91 Å². The Hall–Kier alpha value is -1.85. The molecule has 2 fully saturated rings. The molecule has 1 aliphatic heterocycles. The Morgan fingerprint density at radius 3 is 2.65 bits per heavy atom. The second-order valence-corrected chi connectivity index (χ2v) is 7.40. The first-order valence-electron chi connectivity index (χ1n) is 9.28. The van der Waals surface area contributed by atoms with Gasteiger partial charge < -0.3 is 10.2 Å². The van der Waals surface area contributed by atoms with Crippen LogP contribution in [-0.4, -0.2) is 35.3 Å². The topological polar surface area (TPSA) is 50.2 Å². The quantitative estimate of drug-likeness (QED) is 0.875. The molecule has 1 saturated carbocycles. The van der Waals surface area contributed by atoms with E-state index in [-0.39, 0.29) is 30.2 Å². The molecule has 140 valence electrons. The zero-order valence-electron chi connectivity index (χ0n) is 15.2. The van der Waals surface area contributed by atoms with E-state index >= 15 is 0 Å². The van der Waals surface area contributed by atoms with Gasteiger partial charge in [-0.3, -0.25) is 9.48 Å². The predicted octanol–water partition coefficient (Wildman–Crippen LogP) is 2.98. The molecule has 26 heavy (non-hydrogen) atoms. The smallest absolute Gasteiger partial charge is 0.232 e. The third-order valence-corrected chi connectivity index (χ3v) is 5.68. The Morgan fingerprint density at radius 2 is 2.04 bits per heavy atom. The number of carbonyl (C=O) groups is 1. The van der Waals surface area contributed by atoms with Crippen LogP contribution in [0.2, 0.25) is 0 Å². The summed E-state index contributed by atoms with van der Waals surface area (Å²) in [4.78, 5) is 15.5. The standard InChI is InChI=1S/C20H26N4O.ClH/c1-23-14-16(10-22-23)18-11-21-12-19(18)20(25)24(13-15-6-5-7-15)17-8-3-2-4-9-17;/h2-4,8-10,14-15,18-19,21H,5-7,11-13H2,1H3;1H/t18-,19+;/m1./s1. The Bertz CT molecular complexity index is 728. The summed E-state index contributed by atoms with van der Waals surface area (Å²) in [5, 5.41) is 7.71. The van der Waals surface area contributed by atoms with Gasteiger partial charge in [-0.05, 0) is 36.5 Å². The van der Waals surface area contributed by atoms with E-state index in [9.17, 15) is 4.79 Å². The van der Waals surface area contributed by atoms with Crippen molar-refractivity contribution in [3.05, 3.63) is 48.3 Å². The molecule has 1 aromatic heterocycles. The van der Waals surface area contributed by atoms with Gasteiger partial charge in [0.15, 0.2) is 0 Å². The number of aromatic nitrogens is 2.